The molecule has 0 fully saturated rings. The molecule has 1 heterocycles. The molecule has 0 spiro atoms. The molecule has 0 radical (unpaired) electrons. The number of nitrogens with one attached hydrogen (secondary N) is 2. The van der Waals surface area contributed by atoms with E-state index in [0.717, 1.165) is 10.4 Å². The number of thiocarbonyl (C=S) groups is 1. The fourth-order valence-electron chi connectivity index (χ4n) is 1.93. The van der Waals surface area contributed by atoms with Crippen LogP contribution in [0, 0.1) is 13.8 Å². The molecular weight excluding hydrogens is 356 g/mol. The van der Waals surface area contributed by atoms with Gasteiger partial charge in [-0.25, -0.2) is 4.79 Å². The number of carbonyl (C=O) groups is 1. The summed E-state index contributed by atoms with van der Waals surface area (Å²) in [5.74, 6) is -0.409. The van der Waals surface area contributed by atoms with Gasteiger partial charge in [-0.3, -0.25) is 0 Å². The molecule has 8 heteroatoms. The van der Waals surface area contributed by atoms with Gasteiger partial charge in [0.05, 0.1) is 18.4 Å². The summed E-state index contributed by atoms with van der Waals surface area (Å²) in [5.41, 5.74) is 1.67. The molecule has 5 nitrogen and oxygen atoms in total. The minimum Gasteiger partial charge on any atom is -0.506 e. The maximum Gasteiger partial charge on any atom is 0.341 e. The number of carbonyl (C=O) groups excluding carboxylic acids is 1. The van der Waals surface area contributed by atoms with Crippen LogP contribution in [0.5, 0.6) is 5.75 Å². The van der Waals surface area contributed by atoms with E-state index in [1.165, 1.54) is 24.5 Å². The molecule has 0 atom stereocenters. The number of anilines is 2. The molecular formula is C15H15ClN2O3S2. The van der Waals surface area contributed by atoms with E-state index >= 15 is 0 Å². The summed E-state index contributed by atoms with van der Waals surface area (Å²) in [4.78, 5) is 12.9. The fourth-order valence-corrected chi connectivity index (χ4v) is 3.43. The van der Waals surface area contributed by atoms with Crippen molar-refractivity contribution in [3.05, 3.63) is 39.2 Å². The molecule has 2 aromatic rings. The first kappa shape index (κ1) is 17.5. The Morgan fingerprint density at radius 2 is 2.04 bits per heavy atom. The largest absolute Gasteiger partial charge is 0.506 e. The second kappa shape index (κ2) is 7.16. The standard InChI is InChI=1S/C15H15ClN2O3S2/c1-7-8(2)23-13(12(7)14(20)21-3)18-15(22)17-10-6-9(16)4-5-11(10)19/h4-6,19H,1-3H3,(H2,17,18,22). The number of aryl methyl sites for hydroxylation is 1. The van der Waals surface area contributed by atoms with Gasteiger partial charge >= 0.3 is 5.97 Å². The zero-order valence-corrected chi connectivity index (χ0v) is 15.1. The van der Waals surface area contributed by atoms with Crippen LogP contribution in [0.15, 0.2) is 18.2 Å². The van der Waals surface area contributed by atoms with Gasteiger partial charge in [-0.05, 0) is 49.8 Å². The van der Waals surface area contributed by atoms with Crippen molar-refractivity contribution in [1.82, 2.24) is 0 Å². The molecule has 0 saturated carbocycles. The number of esters is 1. The number of hydrogen-bond acceptors (Lipinski definition) is 5. The van der Waals surface area contributed by atoms with Crippen molar-refractivity contribution in [2.24, 2.45) is 0 Å². The minimum absolute atomic E-state index is 0.0188. The van der Waals surface area contributed by atoms with Gasteiger partial charge in [0.1, 0.15) is 10.8 Å². The van der Waals surface area contributed by atoms with E-state index in [1.54, 1.807) is 12.1 Å². The number of benzene rings is 1. The van der Waals surface area contributed by atoms with Gasteiger partial charge in [0.2, 0.25) is 0 Å². The number of rotatable bonds is 3. The summed E-state index contributed by atoms with van der Waals surface area (Å²) in [5, 5.41) is 16.9. The van der Waals surface area contributed by atoms with Gasteiger partial charge in [0.25, 0.3) is 0 Å². The van der Waals surface area contributed by atoms with Crippen molar-refractivity contribution in [2.75, 3.05) is 17.7 Å². The maximum absolute atomic E-state index is 11.9. The van der Waals surface area contributed by atoms with E-state index in [-0.39, 0.29) is 10.9 Å². The highest BCUT2D eigenvalue weighted by atomic mass is 35.5. The number of ether oxygens (including phenoxy) is 1. The number of phenolic OH excluding ortho intramolecular Hbond substituents is 1. The topological polar surface area (TPSA) is 70.6 Å². The Hall–Kier alpha value is -1.83. The zero-order valence-electron chi connectivity index (χ0n) is 12.7. The summed E-state index contributed by atoms with van der Waals surface area (Å²) >= 11 is 12.5. The lowest BCUT2D eigenvalue weighted by molar-refractivity contribution is 0.0601. The molecule has 0 saturated heterocycles. The van der Waals surface area contributed by atoms with Crippen LogP contribution in [0.4, 0.5) is 10.7 Å². The minimum atomic E-state index is -0.428. The monoisotopic (exact) mass is 370 g/mol. The highest BCUT2D eigenvalue weighted by Crippen LogP contribution is 2.33. The second-order valence-corrected chi connectivity index (χ2v) is 6.79. The van der Waals surface area contributed by atoms with Crippen LogP contribution in [0.3, 0.4) is 0 Å². The van der Waals surface area contributed by atoms with Crippen LogP contribution in [0.25, 0.3) is 0 Å². The van der Waals surface area contributed by atoms with Crippen LogP contribution in [0.2, 0.25) is 5.02 Å². The maximum atomic E-state index is 11.9. The van der Waals surface area contributed by atoms with E-state index in [1.807, 2.05) is 13.8 Å². The number of halogens is 1. The molecule has 1 aromatic carbocycles. The molecule has 122 valence electrons. The Morgan fingerprint density at radius 3 is 2.70 bits per heavy atom. The summed E-state index contributed by atoms with van der Waals surface area (Å²) in [6.07, 6.45) is 0. The summed E-state index contributed by atoms with van der Waals surface area (Å²) in [7, 11) is 1.33. The molecule has 0 amide bonds. The molecule has 0 aliphatic rings. The Bertz CT molecular complexity index is 774. The van der Waals surface area contributed by atoms with E-state index < -0.39 is 5.97 Å². The number of thiophene rings is 1. The first-order valence-corrected chi connectivity index (χ1v) is 8.18. The first-order valence-electron chi connectivity index (χ1n) is 6.58. The highest BCUT2D eigenvalue weighted by Gasteiger charge is 2.21. The molecule has 0 bridgehead atoms. The predicted octanol–water partition coefficient (Wildman–Crippen LogP) is 4.32. The van der Waals surface area contributed by atoms with E-state index in [9.17, 15) is 9.90 Å². The number of aromatic hydroxyl groups is 1. The van der Waals surface area contributed by atoms with Gasteiger partial charge in [0, 0.05) is 9.90 Å². The summed E-state index contributed by atoms with van der Waals surface area (Å²) in [6.45, 7) is 3.76. The van der Waals surface area contributed by atoms with E-state index in [2.05, 4.69) is 10.6 Å². The molecule has 3 N–H and O–H groups in total. The van der Waals surface area contributed by atoms with Gasteiger partial charge in [-0.1, -0.05) is 11.6 Å². The third-order valence-electron chi connectivity index (χ3n) is 3.21. The van der Waals surface area contributed by atoms with Crippen molar-refractivity contribution in [3.63, 3.8) is 0 Å². The Labute approximate surface area is 148 Å². The summed E-state index contributed by atoms with van der Waals surface area (Å²) in [6, 6.07) is 4.59. The van der Waals surface area contributed by atoms with Crippen LogP contribution in [-0.2, 0) is 4.74 Å². The van der Waals surface area contributed by atoms with E-state index in [0.29, 0.717) is 21.3 Å². The second-order valence-electron chi connectivity index (χ2n) is 4.72. The van der Waals surface area contributed by atoms with Gasteiger partial charge in [-0.15, -0.1) is 11.3 Å². The van der Waals surface area contributed by atoms with Gasteiger partial charge < -0.3 is 20.5 Å². The molecule has 0 unspecified atom stereocenters. The van der Waals surface area contributed by atoms with Crippen LogP contribution < -0.4 is 10.6 Å². The van der Waals surface area contributed by atoms with Crippen molar-refractivity contribution >= 4 is 56.9 Å². The molecule has 0 aliphatic carbocycles. The Kier molecular flexibility index (Phi) is 5.46. The fraction of sp³-hybridized carbons (Fsp3) is 0.200. The first-order chi connectivity index (χ1) is 10.8. The molecule has 1 aromatic heterocycles. The highest BCUT2D eigenvalue weighted by molar-refractivity contribution is 7.80. The lowest BCUT2D eigenvalue weighted by Crippen LogP contribution is -2.20. The van der Waals surface area contributed by atoms with Crippen molar-refractivity contribution in [1.29, 1.82) is 0 Å². The normalized spacial score (nSPS) is 10.3. The third-order valence-corrected chi connectivity index (χ3v) is 4.77. The van der Waals surface area contributed by atoms with Gasteiger partial charge in [-0.2, -0.15) is 0 Å². The van der Waals surface area contributed by atoms with Gasteiger partial charge in [0.15, 0.2) is 5.11 Å². The quantitative estimate of drug-likeness (QED) is 0.424. The SMILES string of the molecule is COC(=O)c1c(NC(=S)Nc2cc(Cl)ccc2O)sc(C)c1C. The van der Waals surface area contributed by atoms with Crippen molar-refractivity contribution in [2.45, 2.75) is 13.8 Å². The van der Waals surface area contributed by atoms with Crippen LogP contribution in [0.1, 0.15) is 20.8 Å². The number of methoxy groups -OCH3 is 1. The molecule has 23 heavy (non-hydrogen) atoms. The van der Waals surface area contributed by atoms with E-state index in [4.69, 9.17) is 28.6 Å². The lowest BCUT2D eigenvalue weighted by atomic mass is 10.1. The van der Waals surface area contributed by atoms with Crippen molar-refractivity contribution in [3.8, 4) is 5.75 Å². The Balaban J connectivity index is 2.22. The molecule has 2 rings (SSSR count). The van der Waals surface area contributed by atoms with Crippen LogP contribution >= 0.6 is 35.2 Å². The lowest BCUT2D eigenvalue weighted by Gasteiger charge is -2.12. The van der Waals surface area contributed by atoms with Crippen LogP contribution in [-0.4, -0.2) is 23.3 Å². The summed E-state index contributed by atoms with van der Waals surface area (Å²) < 4.78 is 4.81. The number of phenols is 1. The average Bonchev–Trinajstić information content (AvgIpc) is 2.76. The predicted molar refractivity (Wildman–Crippen MR) is 98.1 cm³/mol. The average molecular weight is 371 g/mol. The zero-order chi connectivity index (χ0) is 17.1. The van der Waals surface area contributed by atoms with Crippen molar-refractivity contribution < 1.29 is 14.6 Å². The molecule has 0 aliphatic heterocycles. The Morgan fingerprint density at radius 1 is 1.35 bits per heavy atom. The smallest absolute Gasteiger partial charge is 0.341 e. The third kappa shape index (κ3) is 3.93. The number of hydrogen-bond donors (Lipinski definition) is 3.